The van der Waals surface area contributed by atoms with Crippen molar-refractivity contribution in [3.05, 3.63) is 0 Å². The Morgan fingerprint density at radius 2 is 1.83 bits per heavy atom. The molecule has 0 bridgehead atoms. The normalized spacial score (nSPS) is 16.7. The average Bonchev–Trinajstić information content (AvgIpc) is 2.60. The van der Waals surface area contributed by atoms with Gasteiger partial charge >= 0.3 is 11.9 Å². The summed E-state index contributed by atoms with van der Waals surface area (Å²) in [6.45, 7) is 0.630. The highest BCUT2D eigenvalue weighted by molar-refractivity contribution is 6.01. The number of carbonyl (C=O) groups is 4. The lowest BCUT2D eigenvalue weighted by Gasteiger charge is -2.15. The van der Waals surface area contributed by atoms with E-state index in [0.29, 0.717) is 5.06 Å². The number of nitrogens with zero attached hydrogens (tertiary/aromatic N) is 1. The van der Waals surface area contributed by atoms with Crippen molar-refractivity contribution >= 4 is 23.8 Å². The van der Waals surface area contributed by atoms with Gasteiger partial charge in [0, 0.05) is 12.8 Å². The third-order valence-electron chi connectivity index (χ3n) is 2.11. The highest BCUT2D eigenvalue weighted by Gasteiger charge is 2.33. The first-order valence-electron chi connectivity index (χ1n) is 5.31. The minimum absolute atomic E-state index is 0.0150. The molecule has 0 aliphatic carbocycles. The van der Waals surface area contributed by atoms with E-state index in [2.05, 4.69) is 9.57 Å². The van der Waals surface area contributed by atoms with Crippen LogP contribution in [-0.4, -0.2) is 46.6 Å². The van der Waals surface area contributed by atoms with Gasteiger partial charge in [0.25, 0.3) is 11.8 Å². The van der Waals surface area contributed by atoms with Crippen molar-refractivity contribution < 1.29 is 33.9 Å². The van der Waals surface area contributed by atoms with Crippen LogP contribution in [-0.2, 0) is 28.8 Å². The number of hydrogen-bond acceptors (Lipinski definition) is 7. The molecule has 0 aromatic rings. The molecular formula is C10H13NO7. The van der Waals surface area contributed by atoms with Crippen LogP contribution in [0.1, 0.15) is 26.2 Å². The molecule has 1 saturated heterocycles. The number of aliphatic hydroxyl groups is 1. The van der Waals surface area contributed by atoms with E-state index in [-0.39, 0.29) is 19.3 Å². The van der Waals surface area contributed by atoms with Crippen LogP contribution in [0.25, 0.3) is 0 Å². The molecule has 8 heteroatoms. The van der Waals surface area contributed by atoms with Gasteiger partial charge in [0.05, 0.1) is 6.42 Å². The van der Waals surface area contributed by atoms with E-state index in [0.717, 1.165) is 0 Å². The average molecular weight is 259 g/mol. The molecule has 2 amide bonds. The molecule has 1 fully saturated rings. The van der Waals surface area contributed by atoms with E-state index in [1.54, 1.807) is 0 Å². The Labute approximate surface area is 102 Å². The molecule has 0 spiro atoms. The van der Waals surface area contributed by atoms with Crippen molar-refractivity contribution in [3.63, 3.8) is 0 Å². The van der Waals surface area contributed by atoms with Crippen LogP contribution >= 0.6 is 0 Å². The fraction of sp³-hybridized carbons (Fsp3) is 0.600. The van der Waals surface area contributed by atoms with Crippen LogP contribution in [0.4, 0.5) is 0 Å². The van der Waals surface area contributed by atoms with Crippen molar-refractivity contribution in [1.29, 1.82) is 0 Å². The van der Waals surface area contributed by atoms with Crippen molar-refractivity contribution in [2.45, 2.75) is 32.3 Å². The predicted molar refractivity (Wildman–Crippen MR) is 54.4 cm³/mol. The monoisotopic (exact) mass is 259 g/mol. The van der Waals surface area contributed by atoms with Gasteiger partial charge in [-0.3, -0.25) is 9.59 Å². The molecule has 1 atom stereocenters. The molecule has 1 rings (SSSR count). The van der Waals surface area contributed by atoms with Crippen LogP contribution in [0.2, 0.25) is 0 Å². The zero-order chi connectivity index (χ0) is 13.7. The topological polar surface area (TPSA) is 110 Å². The molecule has 18 heavy (non-hydrogen) atoms. The van der Waals surface area contributed by atoms with E-state index in [1.165, 1.54) is 6.92 Å². The second kappa shape index (κ2) is 6.10. The number of rotatable bonds is 5. The highest BCUT2D eigenvalue weighted by atomic mass is 16.7. The molecule has 1 aliphatic rings. The number of esters is 1. The lowest BCUT2D eigenvalue weighted by Crippen LogP contribution is -2.33. The minimum atomic E-state index is -0.872. The van der Waals surface area contributed by atoms with E-state index in [1.807, 2.05) is 0 Å². The third-order valence-corrected chi connectivity index (χ3v) is 2.11. The minimum Gasteiger partial charge on any atom is -0.460 e. The molecule has 1 N–H and O–H groups in total. The number of ether oxygens (including phenoxy) is 1. The van der Waals surface area contributed by atoms with E-state index in [9.17, 15) is 19.2 Å². The summed E-state index contributed by atoms with van der Waals surface area (Å²) in [6, 6.07) is 0. The number of imide groups is 1. The second-order valence-electron chi connectivity index (χ2n) is 3.71. The standard InChI is InChI=1S/C10H13NO7/c1-6(17-10(16)5-12)4-9(15)18-11-7(13)2-3-8(11)14/h6,12H,2-5H2,1H3. The maximum Gasteiger partial charge on any atom is 0.336 e. The first-order chi connectivity index (χ1) is 8.43. The third kappa shape index (κ3) is 3.81. The summed E-state index contributed by atoms with van der Waals surface area (Å²) in [4.78, 5) is 48.9. The Bertz CT molecular complexity index is 362. The van der Waals surface area contributed by atoms with Crippen LogP contribution in [0, 0.1) is 0 Å². The summed E-state index contributed by atoms with van der Waals surface area (Å²) in [5, 5.41) is 8.85. The quantitative estimate of drug-likeness (QED) is 0.493. The summed E-state index contributed by atoms with van der Waals surface area (Å²) in [5.74, 6) is -2.89. The first-order valence-corrected chi connectivity index (χ1v) is 5.31. The van der Waals surface area contributed by atoms with Crippen molar-refractivity contribution in [2.75, 3.05) is 6.61 Å². The fourth-order valence-electron chi connectivity index (χ4n) is 1.33. The van der Waals surface area contributed by atoms with Crippen LogP contribution in [0.5, 0.6) is 0 Å². The van der Waals surface area contributed by atoms with Gasteiger partial charge in [-0.05, 0) is 6.92 Å². The van der Waals surface area contributed by atoms with Crippen LogP contribution in [0.15, 0.2) is 0 Å². The van der Waals surface area contributed by atoms with Crippen molar-refractivity contribution in [2.24, 2.45) is 0 Å². The number of carbonyl (C=O) groups excluding carboxylic acids is 4. The summed E-state index contributed by atoms with van der Waals surface area (Å²) < 4.78 is 4.61. The molecule has 100 valence electrons. The first kappa shape index (κ1) is 14.1. The number of hydroxylamine groups is 2. The van der Waals surface area contributed by atoms with E-state index in [4.69, 9.17) is 5.11 Å². The molecule has 0 aromatic carbocycles. The van der Waals surface area contributed by atoms with Gasteiger partial charge in [-0.2, -0.15) is 0 Å². The lowest BCUT2D eigenvalue weighted by atomic mass is 10.3. The summed E-state index contributed by atoms with van der Waals surface area (Å²) >= 11 is 0. The SMILES string of the molecule is CC(CC(=O)ON1C(=O)CCC1=O)OC(=O)CO. The smallest absolute Gasteiger partial charge is 0.336 e. The van der Waals surface area contributed by atoms with Gasteiger partial charge in [-0.1, -0.05) is 0 Å². The Morgan fingerprint density at radius 1 is 1.28 bits per heavy atom. The largest absolute Gasteiger partial charge is 0.460 e. The Kier molecular flexibility index (Phi) is 4.78. The molecule has 0 aromatic heterocycles. The second-order valence-corrected chi connectivity index (χ2v) is 3.71. The van der Waals surface area contributed by atoms with Crippen LogP contribution < -0.4 is 0 Å². The summed E-state index contributed by atoms with van der Waals surface area (Å²) in [5.41, 5.74) is 0. The van der Waals surface area contributed by atoms with E-state index < -0.39 is 36.5 Å². The Balaban J connectivity index is 2.39. The summed E-state index contributed by atoms with van der Waals surface area (Å²) in [7, 11) is 0. The number of aliphatic hydroxyl groups excluding tert-OH is 1. The molecule has 0 radical (unpaired) electrons. The van der Waals surface area contributed by atoms with Gasteiger partial charge in [-0.15, -0.1) is 5.06 Å². The predicted octanol–water partition coefficient (Wildman–Crippen LogP) is -1.09. The zero-order valence-corrected chi connectivity index (χ0v) is 9.75. The molecule has 1 heterocycles. The molecule has 0 saturated carbocycles. The fourth-order valence-corrected chi connectivity index (χ4v) is 1.33. The molecule has 1 unspecified atom stereocenters. The van der Waals surface area contributed by atoms with Crippen molar-refractivity contribution in [3.8, 4) is 0 Å². The zero-order valence-electron chi connectivity index (χ0n) is 9.75. The van der Waals surface area contributed by atoms with Gasteiger partial charge in [0.15, 0.2) is 0 Å². The lowest BCUT2D eigenvalue weighted by molar-refractivity contribution is -0.199. The van der Waals surface area contributed by atoms with Gasteiger partial charge in [0.1, 0.15) is 12.7 Å². The summed E-state index contributed by atoms with van der Waals surface area (Å²) in [6.07, 6.45) is -1.10. The van der Waals surface area contributed by atoms with Crippen LogP contribution in [0.3, 0.4) is 0 Å². The maximum atomic E-state index is 11.3. The number of amides is 2. The maximum absolute atomic E-state index is 11.3. The highest BCUT2D eigenvalue weighted by Crippen LogP contribution is 2.13. The Hall–Kier alpha value is -1.96. The molecular weight excluding hydrogens is 246 g/mol. The number of hydrogen-bond donors (Lipinski definition) is 1. The Morgan fingerprint density at radius 3 is 2.33 bits per heavy atom. The van der Waals surface area contributed by atoms with Gasteiger partial charge < -0.3 is 14.7 Å². The molecule has 1 aliphatic heterocycles. The van der Waals surface area contributed by atoms with Gasteiger partial charge in [-0.25, -0.2) is 9.59 Å². The van der Waals surface area contributed by atoms with Crippen molar-refractivity contribution in [1.82, 2.24) is 5.06 Å². The van der Waals surface area contributed by atoms with Gasteiger partial charge in [0.2, 0.25) is 0 Å². The van der Waals surface area contributed by atoms with E-state index >= 15 is 0 Å². The molecule has 8 nitrogen and oxygen atoms in total.